The van der Waals surface area contributed by atoms with Crippen LogP contribution in [-0.2, 0) is 30.2 Å². The molecule has 0 aromatic heterocycles. The molecular formula is C27H40N2O6Si. The van der Waals surface area contributed by atoms with Gasteiger partial charge in [-0.05, 0) is 61.2 Å². The van der Waals surface area contributed by atoms with Gasteiger partial charge in [0.05, 0.1) is 25.2 Å². The Morgan fingerprint density at radius 2 is 1.83 bits per heavy atom. The summed E-state index contributed by atoms with van der Waals surface area (Å²) in [6.45, 7) is 9.52. The van der Waals surface area contributed by atoms with Crippen molar-refractivity contribution in [2.75, 3.05) is 20.7 Å². The van der Waals surface area contributed by atoms with Crippen molar-refractivity contribution in [3.63, 3.8) is 0 Å². The maximum Gasteiger partial charge on any atom is 0.355 e. The molecule has 1 aromatic carbocycles. The lowest BCUT2D eigenvalue weighted by Gasteiger charge is -2.48. The smallest absolute Gasteiger partial charge is 0.355 e. The number of ether oxygens (including phenoxy) is 2. The zero-order valence-electron chi connectivity index (χ0n) is 22.4. The summed E-state index contributed by atoms with van der Waals surface area (Å²) in [5, 5.41) is 1.79. The van der Waals surface area contributed by atoms with E-state index in [9.17, 15) is 9.59 Å². The van der Waals surface area contributed by atoms with E-state index in [0.29, 0.717) is 12.1 Å². The quantitative estimate of drug-likeness (QED) is 0.247. The fraction of sp³-hybridized carbons (Fsp3) is 0.630. The second-order valence-electron chi connectivity index (χ2n) is 10.1. The first-order chi connectivity index (χ1) is 17.3. The first kappa shape index (κ1) is 26.8. The molecule has 1 aromatic rings. The topological polar surface area (TPSA) is 77.5 Å². The lowest BCUT2D eigenvalue weighted by Crippen LogP contribution is -2.63. The number of fused-ring (bicyclic) bond motifs is 1. The molecule has 0 radical (unpaired) electrons. The lowest BCUT2D eigenvalue weighted by molar-refractivity contribution is -0.162. The van der Waals surface area contributed by atoms with Crippen molar-refractivity contribution >= 4 is 20.2 Å². The molecule has 3 aliphatic heterocycles. The van der Waals surface area contributed by atoms with Crippen LogP contribution in [-0.4, -0.2) is 69.1 Å². The minimum Gasteiger partial charge on any atom is -0.497 e. The second-order valence-corrected chi connectivity index (χ2v) is 14.8. The lowest BCUT2D eigenvalue weighted by atomic mass is 9.82. The van der Waals surface area contributed by atoms with Crippen LogP contribution in [0.2, 0.25) is 18.1 Å². The highest BCUT2D eigenvalue weighted by atomic mass is 28.4. The normalized spacial score (nSPS) is 25.1. The molecule has 4 atom stereocenters. The Balaban J connectivity index is 1.52. The van der Waals surface area contributed by atoms with Crippen LogP contribution in [0.15, 0.2) is 35.5 Å². The van der Waals surface area contributed by atoms with Gasteiger partial charge in [0.1, 0.15) is 24.2 Å². The maximum absolute atomic E-state index is 13.5. The molecule has 0 bridgehead atoms. The highest BCUT2D eigenvalue weighted by Crippen LogP contribution is 2.47. The number of hydroxylamine groups is 2. The van der Waals surface area contributed by atoms with Gasteiger partial charge < -0.3 is 18.8 Å². The van der Waals surface area contributed by atoms with Gasteiger partial charge in [0.15, 0.2) is 8.32 Å². The first-order valence-electron chi connectivity index (χ1n) is 13.2. The van der Waals surface area contributed by atoms with Crippen LogP contribution in [0.4, 0.5) is 0 Å². The van der Waals surface area contributed by atoms with Crippen LogP contribution in [0, 0.1) is 5.92 Å². The van der Waals surface area contributed by atoms with Crippen LogP contribution < -0.4 is 4.74 Å². The monoisotopic (exact) mass is 516 g/mol. The number of amides is 1. The van der Waals surface area contributed by atoms with Crippen LogP contribution in [0.5, 0.6) is 5.75 Å². The molecule has 3 heterocycles. The summed E-state index contributed by atoms with van der Waals surface area (Å²) < 4.78 is 17.6. The predicted octanol–water partition coefficient (Wildman–Crippen LogP) is 4.27. The van der Waals surface area contributed by atoms with E-state index in [-0.39, 0.29) is 36.7 Å². The molecule has 198 valence electrons. The average Bonchev–Trinajstić information content (AvgIpc) is 3.47. The highest BCUT2D eigenvalue weighted by Gasteiger charge is 2.59. The summed E-state index contributed by atoms with van der Waals surface area (Å²) >= 11 is 0. The van der Waals surface area contributed by atoms with Crippen molar-refractivity contribution in [1.82, 2.24) is 9.96 Å². The van der Waals surface area contributed by atoms with Gasteiger partial charge in [-0.2, -0.15) is 5.06 Å². The number of methoxy groups -OCH3 is 1. The van der Waals surface area contributed by atoms with E-state index in [1.165, 1.54) is 0 Å². The predicted molar refractivity (Wildman–Crippen MR) is 138 cm³/mol. The number of nitrogens with zero attached hydrogens (tertiary/aromatic N) is 2. The third-order valence-corrected chi connectivity index (χ3v) is 13.0. The van der Waals surface area contributed by atoms with Crippen molar-refractivity contribution in [2.24, 2.45) is 5.92 Å². The van der Waals surface area contributed by atoms with Gasteiger partial charge in [-0.1, -0.05) is 32.9 Å². The van der Waals surface area contributed by atoms with Gasteiger partial charge in [-0.25, -0.2) is 4.79 Å². The minimum absolute atomic E-state index is 0.0449. The Morgan fingerprint density at radius 1 is 1.17 bits per heavy atom. The SMILES string of the molecule is CC[Si](CC)(CC)O[C@H](C)[C@H]1C(=O)N2C(C(=O)OCc3ccc(OC)cc3)=C([C@H]3CCN(C)O3)C[C@H]12. The molecule has 0 aliphatic carbocycles. The number of β-lactam (4-membered cyclic amide) rings is 1. The van der Waals surface area contributed by atoms with Crippen LogP contribution >= 0.6 is 0 Å². The largest absolute Gasteiger partial charge is 0.497 e. The van der Waals surface area contributed by atoms with Crippen molar-refractivity contribution < 1.29 is 28.3 Å². The molecule has 8 nitrogen and oxygen atoms in total. The average molecular weight is 517 g/mol. The van der Waals surface area contributed by atoms with Crippen molar-refractivity contribution in [1.29, 1.82) is 0 Å². The van der Waals surface area contributed by atoms with Gasteiger partial charge in [0, 0.05) is 13.6 Å². The summed E-state index contributed by atoms with van der Waals surface area (Å²) in [6, 6.07) is 10.4. The highest BCUT2D eigenvalue weighted by molar-refractivity contribution is 6.73. The Kier molecular flexibility index (Phi) is 8.24. The number of carbonyl (C=O) groups excluding carboxylic acids is 2. The Labute approximate surface area is 215 Å². The summed E-state index contributed by atoms with van der Waals surface area (Å²) in [7, 11) is 1.64. The number of rotatable bonds is 11. The molecule has 0 N–H and O–H groups in total. The van der Waals surface area contributed by atoms with Crippen molar-refractivity contribution in [3.05, 3.63) is 41.1 Å². The number of esters is 1. The number of carbonyl (C=O) groups is 2. The summed E-state index contributed by atoms with van der Waals surface area (Å²) in [5.41, 5.74) is 2.09. The number of hydrogen-bond acceptors (Lipinski definition) is 7. The van der Waals surface area contributed by atoms with Crippen LogP contribution in [0.3, 0.4) is 0 Å². The number of benzene rings is 1. The zero-order valence-corrected chi connectivity index (χ0v) is 23.4. The van der Waals surface area contributed by atoms with E-state index in [0.717, 1.165) is 48.0 Å². The fourth-order valence-corrected chi connectivity index (χ4v) is 8.77. The molecule has 9 heteroatoms. The van der Waals surface area contributed by atoms with E-state index in [2.05, 4.69) is 20.8 Å². The van der Waals surface area contributed by atoms with Gasteiger partial charge in [-0.15, -0.1) is 0 Å². The zero-order chi connectivity index (χ0) is 26.0. The standard InChI is InChI=1S/C27H40N2O6Si/c1-7-36(8-2,9-3)35-18(4)24-22-16-21(23-14-15-28(5)34-23)25(29(22)26(24)30)27(31)33-17-19-10-12-20(32-6)13-11-19/h10-13,18,22-24H,7-9,14-17H2,1-6H3/t18-,22-,23-,24-/m1/s1. The molecule has 36 heavy (non-hydrogen) atoms. The van der Waals surface area contributed by atoms with Crippen LogP contribution in [0.1, 0.15) is 46.1 Å². The molecule has 4 rings (SSSR count). The summed E-state index contributed by atoms with van der Waals surface area (Å²) in [4.78, 5) is 34.5. The molecule has 2 fully saturated rings. The Hall–Kier alpha value is -2.20. The molecule has 0 saturated carbocycles. The maximum atomic E-state index is 13.5. The number of hydrogen-bond donors (Lipinski definition) is 0. The first-order valence-corrected chi connectivity index (χ1v) is 15.7. The second kappa shape index (κ2) is 11.0. The fourth-order valence-electron chi connectivity index (χ4n) is 5.83. The summed E-state index contributed by atoms with van der Waals surface area (Å²) in [5.74, 6) is -0.0219. The summed E-state index contributed by atoms with van der Waals surface area (Å²) in [6.07, 6.45) is 1.01. The third-order valence-electron chi connectivity index (χ3n) is 8.24. The molecule has 0 spiro atoms. The van der Waals surface area contributed by atoms with E-state index in [1.54, 1.807) is 17.1 Å². The third kappa shape index (κ3) is 4.98. The van der Waals surface area contributed by atoms with Gasteiger partial charge in [0.25, 0.3) is 0 Å². The van der Waals surface area contributed by atoms with E-state index >= 15 is 0 Å². The van der Waals surface area contributed by atoms with Crippen molar-refractivity contribution in [3.8, 4) is 5.75 Å². The van der Waals surface area contributed by atoms with Crippen molar-refractivity contribution in [2.45, 2.75) is 83.5 Å². The van der Waals surface area contributed by atoms with Crippen LogP contribution in [0.25, 0.3) is 0 Å². The van der Waals surface area contributed by atoms with Gasteiger partial charge in [0.2, 0.25) is 5.91 Å². The molecule has 2 saturated heterocycles. The molecule has 0 unspecified atom stereocenters. The van der Waals surface area contributed by atoms with E-state index < -0.39 is 14.3 Å². The minimum atomic E-state index is -1.86. The van der Waals surface area contributed by atoms with E-state index in [4.69, 9.17) is 18.7 Å². The molecular weight excluding hydrogens is 476 g/mol. The molecule has 1 amide bonds. The molecule has 3 aliphatic rings. The van der Waals surface area contributed by atoms with Gasteiger partial charge in [-0.3, -0.25) is 9.63 Å². The Morgan fingerprint density at radius 3 is 2.39 bits per heavy atom. The Bertz CT molecular complexity index is 984. The van der Waals surface area contributed by atoms with E-state index in [1.807, 2.05) is 38.2 Å². The van der Waals surface area contributed by atoms with Gasteiger partial charge >= 0.3 is 5.97 Å².